The summed E-state index contributed by atoms with van der Waals surface area (Å²) in [7, 11) is 0. The van der Waals surface area contributed by atoms with Crippen LogP contribution >= 0.6 is 11.6 Å². The summed E-state index contributed by atoms with van der Waals surface area (Å²) in [6.45, 7) is 0.0758. The average Bonchev–Trinajstić information content (AvgIpc) is 2.92. The van der Waals surface area contributed by atoms with E-state index in [1.807, 2.05) is 0 Å². The fourth-order valence-electron chi connectivity index (χ4n) is 1.95. The molecule has 1 heterocycles. The molecule has 3 rings (SSSR count). The van der Waals surface area contributed by atoms with Crippen LogP contribution in [-0.4, -0.2) is 13.1 Å². The van der Waals surface area contributed by atoms with E-state index >= 15 is 0 Å². The van der Waals surface area contributed by atoms with Crippen LogP contribution in [0.4, 0.5) is 4.39 Å². The van der Waals surface area contributed by atoms with E-state index in [9.17, 15) is 9.18 Å². The van der Waals surface area contributed by atoms with E-state index in [1.54, 1.807) is 12.1 Å². The Morgan fingerprint density at radius 3 is 2.71 bits per heavy atom. The lowest BCUT2D eigenvalue weighted by atomic mass is 10.2. The zero-order valence-corrected chi connectivity index (χ0v) is 11.5. The minimum atomic E-state index is -0.462. The lowest BCUT2D eigenvalue weighted by molar-refractivity contribution is 0.111. The van der Waals surface area contributed by atoms with Crippen molar-refractivity contribution < 1.29 is 23.4 Å². The summed E-state index contributed by atoms with van der Waals surface area (Å²) in [5.74, 6) is 0.828. The van der Waals surface area contributed by atoms with Crippen LogP contribution in [0, 0.1) is 5.82 Å². The van der Waals surface area contributed by atoms with Crippen LogP contribution in [0.15, 0.2) is 30.3 Å². The molecule has 0 radical (unpaired) electrons. The van der Waals surface area contributed by atoms with E-state index in [0.717, 1.165) is 0 Å². The molecule has 1 aliphatic heterocycles. The maximum absolute atomic E-state index is 13.7. The van der Waals surface area contributed by atoms with Crippen LogP contribution in [-0.2, 0) is 6.61 Å². The number of rotatable bonds is 4. The van der Waals surface area contributed by atoms with Gasteiger partial charge in [-0.15, -0.1) is 0 Å². The first-order valence-corrected chi connectivity index (χ1v) is 6.50. The molecule has 0 bridgehead atoms. The van der Waals surface area contributed by atoms with Crippen molar-refractivity contribution in [3.05, 3.63) is 52.3 Å². The topological polar surface area (TPSA) is 44.8 Å². The molecule has 21 heavy (non-hydrogen) atoms. The van der Waals surface area contributed by atoms with E-state index in [-0.39, 0.29) is 13.4 Å². The van der Waals surface area contributed by atoms with E-state index in [2.05, 4.69) is 0 Å². The minimum Gasteiger partial charge on any atom is -0.488 e. The van der Waals surface area contributed by atoms with Crippen molar-refractivity contribution in [1.82, 2.24) is 0 Å². The standard InChI is InChI=1S/C15H10ClFO4/c16-11-2-1-9(12(17)4-11)7-19-13-5-15-14(20-8-21-15)3-10(13)6-18/h1-6H,7-8H2. The zero-order chi connectivity index (χ0) is 14.8. The molecule has 108 valence electrons. The van der Waals surface area contributed by atoms with Crippen LogP contribution in [0.2, 0.25) is 5.02 Å². The number of benzene rings is 2. The van der Waals surface area contributed by atoms with Gasteiger partial charge in [0.15, 0.2) is 17.8 Å². The van der Waals surface area contributed by atoms with Crippen molar-refractivity contribution in [1.29, 1.82) is 0 Å². The summed E-state index contributed by atoms with van der Waals surface area (Å²) < 4.78 is 29.6. The first-order chi connectivity index (χ1) is 10.2. The second-order valence-electron chi connectivity index (χ2n) is 4.39. The molecule has 0 saturated heterocycles. The largest absolute Gasteiger partial charge is 0.488 e. The maximum Gasteiger partial charge on any atom is 0.231 e. The highest BCUT2D eigenvalue weighted by atomic mass is 35.5. The molecule has 0 aliphatic carbocycles. The number of carbonyl (C=O) groups excluding carboxylic acids is 1. The lowest BCUT2D eigenvalue weighted by Crippen LogP contribution is -2.00. The number of aldehydes is 1. The Hall–Kier alpha value is -2.27. The Labute approximate surface area is 125 Å². The van der Waals surface area contributed by atoms with Crippen molar-refractivity contribution in [2.75, 3.05) is 6.79 Å². The highest BCUT2D eigenvalue weighted by Gasteiger charge is 2.18. The average molecular weight is 309 g/mol. The molecule has 6 heteroatoms. The third-order valence-electron chi connectivity index (χ3n) is 3.03. The molecule has 0 N–H and O–H groups in total. The first-order valence-electron chi connectivity index (χ1n) is 6.13. The van der Waals surface area contributed by atoms with Crippen molar-refractivity contribution in [2.24, 2.45) is 0 Å². The van der Waals surface area contributed by atoms with Gasteiger partial charge in [0.1, 0.15) is 18.2 Å². The Kier molecular flexibility index (Phi) is 3.66. The third-order valence-corrected chi connectivity index (χ3v) is 3.27. The van der Waals surface area contributed by atoms with Crippen molar-refractivity contribution >= 4 is 17.9 Å². The summed E-state index contributed by atoms with van der Waals surface area (Å²) in [5, 5.41) is 0.313. The zero-order valence-electron chi connectivity index (χ0n) is 10.8. The van der Waals surface area contributed by atoms with Crippen LogP contribution in [0.1, 0.15) is 15.9 Å². The molecular weight excluding hydrogens is 299 g/mol. The van der Waals surface area contributed by atoms with Crippen molar-refractivity contribution in [3.8, 4) is 17.2 Å². The van der Waals surface area contributed by atoms with Gasteiger partial charge in [0.2, 0.25) is 6.79 Å². The smallest absolute Gasteiger partial charge is 0.231 e. The predicted molar refractivity (Wildman–Crippen MR) is 73.7 cm³/mol. The summed E-state index contributed by atoms with van der Waals surface area (Å²) in [4.78, 5) is 11.1. The number of hydrogen-bond donors (Lipinski definition) is 0. The number of ether oxygens (including phenoxy) is 3. The van der Waals surface area contributed by atoms with Gasteiger partial charge in [-0.25, -0.2) is 4.39 Å². The molecule has 0 aromatic heterocycles. The van der Waals surface area contributed by atoms with Gasteiger partial charge in [-0.05, 0) is 18.2 Å². The maximum atomic E-state index is 13.7. The SMILES string of the molecule is O=Cc1cc2c(cc1OCc1ccc(Cl)cc1F)OCO2. The van der Waals surface area contributed by atoms with Gasteiger partial charge in [0.25, 0.3) is 0 Å². The van der Waals surface area contributed by atoms with E-state index in [1.165, 1.54) is 18.2 Å². The number of carbonyl (C=O) groups is 1. The quantitative estimate of drug-likeness (QED) is 0.810. The molecule has 2 aromatic carbocycles. The summed E-state index contributed by atoms with van der Waals surface area (Å²) in [6.07, 6.45) is 0.648. The van der Waals surface area contributed by atoms with E-state index in [0.29, 0.717) is 39.7 Å². The Bertz CT molecular complexity index is 702. The van der Waals surface area contributed by atoms with Gasteiger partial charge in [-0.1, -0.05) is 17.7 Å². The predicted octanol–water partition coefficient (Wildman–Crippen LogP) is 3.60. The lowest BCUT2D eigenvalue weighted by Gasteiger charge is -2.10. The minimum absolute atomic E-state index is 0.0243. The van der Waals surface area contributed by atoms with Gasteiger partial charge in [-0.3, -0.25) is 4.79 Å². The van der Waals surface area contributed by atoms with Gasteiger partial charge in [-0.2, -0.15) is 0 Å². The first kappa shape index (κ1) is 13.7. The fraction of sp³-hybridized carbons (Fsp3) is 0.133. The second-order valence-corrected chi connectivity index (χ2v) is 4.82. The highest BCUT2D eigenvalue weighted by molar-refractivity contribution is 6.30. The Morgan fingerprint density at radius 2 is 2.00 bits per heavy atom. The monoisotopic (exact) mass is 308 g/mol. The number of fused-ring (bicyclic) bond motifs is 1. The molecule has 0 spiro atoms. The number of hydrogen-bond acceptors (Lipinski definition) is 4. The molecule has 1 aliphatic rings. The van der Waals surface area contributed by atoms with Crippen LogP contribution in [0.3, 0.4) is 0 Å². The third kappa shape index (κ3) is 2.78. The van der Waals surface area contributed by atoms with Gasteiger partial charge >= 0.3 is 0 Å². The molecule has 0 atom stereocenters. The van der Waals surface area contributed by atoms with Gasteiger partial charge in [0.05, 0.1) is 5.56 Å². The molecule has 0 unspecified atom stereocenters. The second kappa shape index (κ2) is 5.61. The molecule has 0 saturated carbocycles. The fourth-order valence-corrected chi connectivity index (χ4v) is 2.11. The van der Waals surface area contributed by atoms with Gasteiger partial charge in [0, 0.05) is 16.7 Å². The normalized spacial score (nSPS) is 12.3. The van der Waals surface area contributed by atoms with Crippen LogP contribution in [0.25, 0.3) is 0 Å². The Morgan fingerprint density at radius 1 is 1.24 bits per heavy atom. The number of halogens is 2. The molecule has 0 fully saturated rings. The molecular formula is C15H10ClFO4. The highest BCUT2D eigenvalue weighted by Crippen LogP contribution is 2.37. The molecule has 0 amide bonds. The van der Waals surface area contributed by atoms with Crippen LogP contribution in [0.5, 0.6) is 17.2 Å². The van der Waals surface area contributed by atoms with Crippen LogP contribution < -0.4 is 14.2 Å². The molecule has 4 nitrogen and oxygen atoms in total. The van der Waals surface area contributed by atoms with E-state index in [4.69, 9.17) is 25.8 Å². The summed E-state index contributed by atoms with van der Waals surface area (Å²) >= 11 is 5.69. The van der Waals surface area contributed by atoms with E-state index < -0.39 is 5.82 Å². The van der Waals surface area contributed by atoms with Crippen molar-refractivity contribution in [3.63, 3.8) is 0 Å². The van der Waals surface area contributed by atoms with Crippen molar-refractivity contribution in [2.45, 2.75) is 6.61 Å². The van der Waals surface area contributed by atoms with Gasteiger partial charge < -0.3 is 14.2 Å². The molecule has 2 aromatic rings. The summed E-state index contributed by atoms with van der Waals surface area (Å²) in [5.41, 5.74) is 0.655. The Balaban J connectivity index is 1.83. The summed E-state index contributed by atoms with van der Waals surface area (Å²) in [6, 6.07) is 7.40.